The molecule has 0 bridgehead atoms. The lowest BCUT2D eigenvalue weighted by molar-refractivity contribution is 0.590. The maximum absolute atomic E-state index is 6.09. The van der Waals surface area contributed by atoms with Gasteiger partial charge in [0.1, 0.15) is 5.82 Å². The third-order valence-electron chi connectivity index (χ3n) is 2.61. The maximum Gasteiger partial charge on any atom is 0.155 e. The largest absolute Gasteiger partial charge is 0.317 e. The van der Waals surface area contributed by atoms with Crippen molar-refractivity contribution in [2.75, 3.05) is 7.05 Å². The SMILES string of the molecule is CNC(C)Cc1nc(Cl)c2ccc(Br)cn12. The molecule has 2 heterocycles. The van der Waals surface area contributed by atoms with E-state index in [1.54, 1.807) is 0 Å². The van der Waals surface area contributed by atoms with E-state index in [0.717, 1.165) is 22.2 Å². The van der Waals surface area contributed by atoms with Crippen LogP contribution in [0, 0.1) is 0 Å². The highest BCUT2D eigenvalue weighted by Crippen LogP contribution is 2.21. The molecule has 0 aliphatic rings. The summed E-state index contributed by atoms with van der Waals surface area (Å²) in [7, 11) is 1.94. The van der Waals surface area contributed by atoms with Gasteiger partial charge in [0.05, 0.1) is 5.52 Å². The van der Waals surface area contributed by atoms with Crippen LogP contribution >= 0.6 is 27.5 Å². The summed E-state index contributed by atoms with van der Waals surface area (Å²) in [6.07, 6.45) is 2.84. The summed E-state index contributed by atoms with van der Waals surface area (Å²) in [5, 5.41) is 3.75. The summed E-state index contributed by atoms with van der Waals surface area (Å²) in [4.78, 5) is 4.39. The fourth-order valence-corrected chi connectivity index (χ4v) is 2.19. The second-order valence-electron chi connectivity index (χ2n) is 3.82. The Bertz CT molecular complexity index is 509. The Hall–Kier alpha value is -0.580. The summed E-state index contributed by atoms with van der Waals surface area (Å²) in [6.45, 7) is 2.12. The molecule has 0 spiro atoms. The van der Waals surface area contributed by atoms with Crippen LogP contribution in [0.1, 0.15) is 12.7 Å². The van der Waals surface area contributed by atoms with Gasteiger partial charge in [-0.25, -0.2) is 4.98 Å². The van der Waals surface area contributed by atoms with Crippen LogP contribution in [0.5, 0.6) is 0 Å². The fourth-order valence-electron chi connectivity index (χ4n) is 1.60. The number of imidazole rings is 1. The summed E-state index contributed by atoms with van der Waals surface area (Å²) in [6, 6.07) is 4.31. The number of aromatic nitrogens is 2. The van der Waals surface area contributed by atoms with Gasteiger partial charge in [-0.3, -0.25) is 0 Å². The molecule has 86 valence electrons. The highest BCUT2D eigenvalue weighted by Gasteiger charge is 2.11. The van der Waals surface area contributed by atoms with Crippen molar-refractivity contribution in [3.05, 3.63) is 33.8 Å². The maximum atomic E-state index is 6.09. The van der Waals surface area contributed by atoms with E-state index in [4.69, 9.17) is 11.6 Å². The van der Waals surface area contributed by atoms with Gasteiger partial charge < -0.3 is 9.72 Å². The first kappa shape index (κ1) is 11.9. The molecule has 0 aromatic carbocycles. The molecule has 0 radical (unpaired) electrons. The zero-order chi connectivity index (χ0) is 11.7. The topological polar surface area (TPSA) is 29.3 Å². The minimum Gasteiger partial charge on any atom is -0.317 e. The first-order chi connectivity index (χ1) is 7.61. The van der Waals surface area contributed by atoms with Gasteiger partial charge in [-0.1, -0.05) is 11.6 Å². The van der Waals surface area contributed by atoms with Crippen molar-refractivity contribution in [1.29, 1.82) is 0 Å². The molecule has 5 heteroatoms. The number of halogens is 2. The zero-order valence-corrected chi connectivity index (χ0v) is 11.5. The summed E-state index contributed by atoms with van der Waals surface area (Å²) in [5.74, 6) is 0.975. The Balaban J connectivity index is 2.48. The summed E-state index contributed by atoms with van der Waals surface area (Å²) in [5.41, 5.74) is 0.947. The third-order valence-corrected chi connectivity index (χ3v) is 3.36. The predicted molar refractivity (Wildman–Crippen MR) is 70.1 cm³/mol. The highest BCUT2D eigenvalue weighted by atomic mass is 79.9. The van der Waals surface area contributed by atoms with E-state index in [0.29, 0.717) is 11.2 Å². The van der Waals surface area contributed by atoms with E-state index in [1.807, 2.05) is 29.8 Å². The Morgan fingerprint density at radius 1 is 1.56 bits per heavy atom. The molecule has 2 rings (SSSR count). The van der Waals surface area contributed by atoms with Crippen molar-refractivity contribution in [3.63, 3.8) is 0 Å². The second kappa shape index (κ2) is 4.73. The Kier molecular flexibility index (Phi) is 3.52. The van der Waals surface area contributed by atoms with E-state index in [-0.39, 0.29) is 0 Å². The van der Waals surface area contributed by atoms with Crippen LogP contribution < -0.4 is 5.32 Å². The summed E-state index contributed by atoms with van der Waals surface area (Å²) >= 11 is 9.54. The number of likely N-dealkylation sites (N-methyl/N-ethyl adjacent to an activating group) is 1. The van der Waals surface area contributed by atoms with Gasteiger partial charge in [-0.2, -0.15) is 0 Å². The van der Waals surface area contributed by atoms with Gasteiger partial charge in [-0.15, -0.1) is 0 Å². The molecule has 0 fully saturated rings. The minimum atomic E-state index is 0.376. The lowest BCUT2D eigenvalue weighted by atomic mass is 10.2. The average Bonchev–Trinajstić information content (AvgIpc) is 2.55. The van der Waals surface area contributed by atoms with Crippen molar-refractivity contribution < 1.29 is 0 Å². The standard InChI is InChI=1S/C11H13BrClN3/c1-7(14-2)5-10-15-11(13)9-4-3-8(12)6-16(9)10/h3-4,6-7,14H,5H2,1-2H3. The van der Waals surface area contributed by atoms with Gasteiger partial charge in [0.25, 0.3) is 0 Å². The van der Waals surface area contributed by atoms with E-state index < -0.39 is 0 Å². The lowest BCUT2D eigenvalue weighted by Crippen LogP contribution is -2.24. The molecule has 0 aliphatic carbocycles. The molecule has 0 saturated heterocycles. The number of hydrogen-bond donors (Lipinski definition) is 1. The molecule has 2 aromatic heterocycles. The van der Waals surface area contributed by atoms with Gasteiger partial charge in [0.2, 0.25) is 0 Å². The monoisotopic (exact) mass is 301 g/mol. The Morgan fingerprint density at radius 3 is 3.00 bits per heavy atom. The molecule has 3 nitrogen and oxygen atoms in total. The fraction of sp³-hybridized carbons (Fsp3) is 0.364. The molecule has 2 aromatic rings. The molecule has 1 atom stereocenters. The van der Waals surface area contributed by atoms with Crippen LogP contribution in [0.15, 0.2) is 22.8 Å². The zero-order valence-electron chi connectivity index (χ0n) is 9.17. The number of rotatable bonds is 3. The second-order valence-corrected chi connectivity index (χ2v) is 5.09. The number of nitrogens with one attached hydrogen (secondary N) is 1. The van der Waals surface area contributed by atoms with Gasteiger partial charge in [-0.05, 0) is 42.0 Å². The average molecular weight is 303 g/mol. The van der Waals surface area contributed by atoms with Crippen LogP contribution in [-0.2, 0) is 6.42 Å². The van der Waals surface area contributed by atoms with Crippen LogP contribution in [0.3, 0.4) is 0 Å². The molecular weight excluding hydrogens is 289 g/mol. The highest BCUT2D eigenvalue weighted by molar-refractivity contribution is 9.10. The summed E-state index contributed by atoms with van der Waals surface area (Å²) < 4.78 is 3.05. The van der Waals surface area contributed by atoms with Crippen molar-refractivity contribution in [3.8, 4) is 0 Å². The molecule has 1 unspecified atom stereocenters. The van der Waals surface area contributed by atoms with E-state index in [1.165, 1.54) is 0 Å². The van der Waals surface area contributed by atoms with Crippen LogP contribution in [0.2, 0.25) is 5.15 Å². The number of fused-ring (bicyclic) bond motifs is 1. The van der Waals surface area contributed by atoms with Gasteiger partial charge >= 0.3 is 0 Å². The van der Waals surface area contributed by atoms with Gasteiger partial charge in [0.15, 0.2) is 5.15 Å². The molecule has 1 N–H and O–H groups in total. The number of nitrogens with zero attached hydrogens (tertiary/aromatic N) is 2. The number of pyridine rings is 1. The van der Waals surface area contributed by atoms with E-state index >= 15 is 0 Å². The van der Waals surface area contributed by atoms with E-state index in [9.17, 15) is 0 Å². The van der Waals surface area contributed by atoms with Crippen LogP contribution in [-0.4, -0.2) is 22.5 Å². The van der Waals surface area contributed by atoms with Crippen molar-refractivity contribution >= 4 is 33.0 Å². The lowest BCUT2D eigenvalue weighted by Gasteiger charge is -2.08. The Morgan fingerprint density at radius 2 is 2.31 bits per heavy atom. The molecule has 0 saturated carbocycles. The van der Waals surface area contributed by atoms with Crippen LogP contribution in [0.4, 0.5) is 0 Å². The normalized spacial score (nSPS) is 13.2. The molecular formula is C11H13BrClN3. The molecule has 16 heavy (non-hydrogen) atoms. The van der Waals surface area contributed by atoms with Gasteiger partial charge in [0, 0.05) is 23.1 Å². The number of hydrogen-bond acceptors (Lipinski definition) is 2. The Labute approximate surface area is 108 Å². The van der Waals surface area contributed by atoms with Crippen LogP contribution in [0.25, 0.3) is 5.52 Å². The van der Waals surface area contributed by atoms with Crippen molar-refractivity contribution in [2.45, 2.75) is 19.4 Å². The quantitative estimate of drug-likeness (QED) is 0.944. The first-order valence-electron chi connectivity index (χ1n) is 5.11. The minimum absolute atomic E-state index is 0.376. The molecule has 0 amide bonds. The van der Waals surface area contributed by atoms with Crippen molar-refractivity contribution in [2.24, 2.45) is 0 Å². The predicted octanol–water partition coefficient (Wildman–Crippen LogP) is 2.90. The van der Waals surface area contributed by atoms with Crippen molar-refractivity contribution in [1.82, 2.24) is 14.7 Å². The smallest absolute Gasteiger partial charge is 0.155 e. The third kappa shape index (κ3) is 2.24. The first-order valence-corrected chi connectivity index (χ1v) is 6.28. The molecule has 0 aliphatic heterocycles. The van der Waals surface area contributed by atoms with E-state index in [2.05, 4.69) is 33.2 Å².